The highest BCUT2D eigenvalue weighted by atomic mass is 16.2. The molecule has 0 heterocycles. The third-order valence-corrected chi connectivity index (χ3v) is 3.82. The van der Waals surface area contributed by atoms with E-state index in [1.54, 1.807) is 0 Å². The maximum atomic E-state index is 7.00. The van der Waals surface area contributed by atoms with Crippen molar-refractivity contribution in [1.82, 2.24) is 0 Å². The molecular weight excluding hydrogens is 304 g/mol. The van der Waals surface area contributed by atoms with E-state index in [0.717, 1.165) is 26.4 Å². The summed E-state index contributed by atoms with van der Waals surface area (Å²) in [5.74, 6) is 0. The summed E-state index contributed by atoms with van der Waals surface area (Å²) in [4.78, 5) is 0. The largest absolute Gasteiger partial charge is 0.400 e. The van der Waals surface area contributed by atoms with Gasteiger partial charge in [-0.2, -0.15) is 0 Å². The Morgan fingerprint density at radius 2 is 0.800 bits per heavy atom. The lowest BCUT2D eigenvalue weighted by Gasteiger charge is -2.05. The third kappa shape index (κ3) is 7.82. The van der Waals surface area contributed by atoms with Crippen molar-refractivity contribution in [1.29, 1.82) is 0 Å². The lowest BCUT2D eigenvalue weighted by molar-refractivity contribution is 0.399. The Hall–Kier alpha value is -2.38. The Kier molecular flexibility index (Phi) is 10.7. The van der Waals surface area contributed by atoms with Crippen LogP contribution in [0.4, 0.5) is 0 Å². The zero-order chi connectivity index (χ0) is 18.3. The molecule has 0 aromatic heterocycles. The first kappa shape index (κ1) is 20.7. The lowest BCUT2D eigenvalue weighted by Crippen LogP contribution is -1.92. The van der Waals surface area contributed by atoms with E-state index in [2.05, 4.69) is 84.9 Å². The summed E-state index contributed by atoms with van der Waals surface area (Å²) >= 11 is 0. The molecule has 1 heteroatoms. The summed E-state index contributed by atoms with van der Waals surface area (Å²) in [5, 5.41) is 7.00. The van der Waals surface area contributed by atoms with Gasteiger partial charge in [0.2, 0.25) is 0 Å². The van der Waals surface area contributed by atoms with Crippen LogP contribution < -0.4 is 0 Å². The fourth-order valence-electron chi connectivity index (χ4n) is 2.59. The molecule has 0 spiro atoms. The smallest absolute Gasteiger partial charge is 0.0319 e. The fraction of sp³-hybridized carbons (Fsp3) is 0.250. The maximum Gasteiger partial charge on any atom is 0.0319 e. The molecule has 0 aliphatic rings. The van der Waals surface area contributed by atoms with Gasteiger partial charge in [-0.15, -0.1) is 0 Å². The summed E-state index contributed by atoms with van der Waals surface area (Å²) in [5.41, 5.74) is 5.57. The molecule has 0 aliphatic carbocycles. The first-order valence-electron chi connectivity index (χ1n) is 9.00. The van der Waals surface area contributed by atoms with Crippen LogP contribution in [0, 0.1) is 0 Å². The van der Waals surface area contributed by atoms with Crippen molar-refractivity contribution in [3.05, 3.63) is 107 Å². The van der Waals surface area contributed by atoms with Gasteiger partial charge in [0.1, 0.15) is 0 Å². The molecule has 3 rings (SSSR count). The van der Waals surface area contributed by atoms with Crippen LogP contribution in [0.2, 0.25) is 0 Å². The van der Waals surface area contributed by atoms with E-state index in [1.807, 2.05) is 13.8 Å². The molecule has 0 fully saturated rings. The van der Waals surface area contributed by atoms with E-state index in [-0.39, 0.29) is 0 Å². The second-order valence-electron chi connectivity index (χ2n) is 5.46. The van der Waals surface area contributed by atoms with Gasteiger partial charge in [-0.3, -0.25) is 0 Å². The number of aliphatic hydroxyl groups is 1. The van der Waals surface area contributed by atoms with E-state index < -0.39 is 0 Å². The number of hydrogen-bond acceptors (Lipinski definition) is 1. The van der Waals surface area contributed by atoms with Crippen molar-refractivity contribution in [2.75, 3.05) is 7.11 Å². The van der Waals surface area contributed by atoms with Gasteiger partial charge in [-0.1, -0.05) is 98.8 Å². The van der Waals surface area contributed by atoms with Gasteiger partial charge in [0.15, 0.2) is 0 Å². The molecule has 1 nitrogen and oxygen atoms in total. The van der Waals surface area contributed by atoms with E-state index in [0.29, 0.717) is 0 Å². The van der Waals surface area contributed by atoms with Gasteiger partial charge in [0.25, 0.3) is 0 Å². The van der Waals surface area contributed by atoms with Crippen molar-refractivity contribution in [3.63, 3.8) is 0 Å². The molecule has 3 aromatic rings. The quantitative estimate of drug-likeness (QED) is 0.635. The minimum Gasteiger partial charge on any atom is -0.400 e. The molecule has 0 bridgehead atoms. The van der Waals surface area contributed by atoms with Crippen molar-refractivity contribution in [2.45, 2.75) is 33.1 Å². The van der Waals surface area contributed by atoms with Gasteiger partial charge in [0, 0.05) is 7.11 Å². The van der Waals surface area contributed by atoms with E-state index in [1.165, 1.54) is 22.3 Å². The lowest BCUT2D eigenvalue weighted by atomic mass is 10.0. The summed E-state index contributed by atoms with van der Waals surface area (Å²) in [6.07, 6.45) is 3.23. The van der Waals surface area contributed by atoms with E-state index >= 15 is 0 Å². The maximum absolute atomic E-state index is 7.00. The molecule has 1 N–H and O–H groups in total. The van der Waals surface area contributed by atoms with Crippen LogP contribution in [0.5, 0.6) is 0 Å². The molecule has 132 valence electrons. The summed E-state index contributed by atoms with van der Waals surface area (Å²) in [6.45, 7) is 4.00. The SMILES string of the molecule is CC.CO.c1ccc(CCc2ccc(Cc3ccccc3)cc2)cc1. The monoisotopic (exact) mass is 334 g/mol. The Bertz CT molecular complexity index is 657. The minimum atomic E-state index is 1.00. The highest BCUT2D eigenvalue weighted by Crippen LogP contribution is 2.12. The number of rotatable bonds is 5. The highest BCUT2D eigenvalue weighted by molar-refractivity contribution is 5.29. The number of aliphatic hydroxyl groups excluding tert-OH is 1. The Balaban J connectivity index is 0.000000730. The number of aryl methyl sites for hydroxylation is 2. The molecule has 25 heavy (non-hydrogen) atoms. The summed E-state index contributed by atoms with van der Waals surface area (Å²) in [7, 11) is 1.00. The second kappa shape index (κ2) is 13.0. The molecule has 3 aromatic carbocycles. The van der Waals surface area contributed by atoms with Crippen LogP contribution in [-0.4, -0.2) is 12.2 Å². The topological polar surface area (TPSA) is 20.2 Å². The van der Waals surface area contributed by atoms with Crippen molar-refractivity contribution in [2.24, 2.45) is 0 Å². The number of benzene rings is 3. The molecule has 0 aliphatic heterocycles. The second-order valence-corrected chi connectivity index (χ2v) is 5.46. The zero-order valence-corrected chi connectivity index (χ0v) is 15.7. The van der Waals surface area contributed by atoms with Crippen molar-refractivity contribution >= 4 is 0 Å². The Morgan fingerprint density at radius 3 is 1.28 bits per heavy atom. The molecule has 0 saturated heterocycles. The average molecular weight is 335 g/mol. The van der Waals surface area contributed by atoms with Gasteiger partial charge < -0.3 is 5.11 Å². The van der Waals surface area contributed by atoms with Crippen LogP contribution in [0.3, 0.4) is 0 Å². The normalized spacial score (nSPS) is 9.28. The molecule has 0 saturated carbocycles. The zero-order valence-electron chi connectivity index (χ0n) is 15.7. The summed E-state index contributed by atoms with van der Waals surface area (Å²) < 4.78 is 0. The van der Waals surface area contributed by atoms with Crippen LogP contribution in [-0.2, 0) is 19.3 Å². The Labute approximate surface area is 153 Å². The molecule has 0 amide bonds. The van der Waals surface area contributed by atoms with Crippen LogP contribution in [0.1, 0.15) is 36.1 Å². The third-order valence-electron chi connectivity index (χ3n) is 3.82. The molecule has 0 unspecified atom stereocenters. The standard InChI is InChI=1S/C21H20.C2H6.CH4O/c1-3-7-18(8-4-1)11-12-19-13-15-21(16-14-19)17-20-9-5-2-6-10-20;2*1-2/h1-10,13-16H,11-12,17H2;1-2H3;2H,1H3. The first-order valence-corrected chi connectivity index (χ1v) is 9.00. The van der Waals surface area contributed by atoms with Crippen LogP contribution in [0.15, 0.2) is 84.9 Å². The van der Waals surface area contributed by atoms with Gasteiger partial charge in [-0.25, -0.2) is 0 Å². The van der Waals surface area contributed by atoms with E-state index in [4.69, 9.17) is 5.11 Å². The average Bonchev–Trinajstić information content (AvgIpc) is 2.72. The van der Waals surface area contributed by atoms with Gasteiger partial charge in [0.05, 0.1) is 0 Å². The van der Waals surface area contributed by atoms with Crippen molar-refractivity contribution in [3.8, 4) is 0 Å². The van der Waals surface area contributed by atoms with Crippen molar-refractivity contribution < 1.29 is 5.11 Å². The van der Waals surface area contributed by atoms with Crippen LogP contribution in [0.25, 0.3) is 0 Å². The predicted octanol–water partition coefficient (Wildman–Crippen LogP) is 5.70. The minimum absolute atomic E-state index is 1.00. The molecule has 0 radical (unpaired) electrons. The van der Waals surface area contributed by atoms with E-state index in [9.17, 15) is 0 Å². The predicted molar refractivity (Wildman–Crippen MR) is 109 cm³/mol. The number of hydrogen-bond donors (Lipinski definition) is 1. The first-order chi connectivity index (χ1) is 12.4. The van der Waals surface area contributed by atoms with Crippen LogP contribution >= 0.6 is 0 Å². The van der Waals surface area contributed by atoms with Gasteiger partial charge in [-0.05, 0) is 41.5 Å². The molecule has 0 atom stereocenters. The Morgan fingerprint density at radius 1 is 0.480 bits per heavy atom. The summed E-state index contributed by atoms with van der Waals surface area (Å²) in [6, 6.07) is 30.4. The molecular formula is C24H30O. The van der Waals surface area contributed by atoms with Gasteiger partial charge >= 0.3 is 0 Å². The highest BCUT2D eigenvalue weighted by Gasteiger charge is 1.98. The fourth-order valence-corrected chi connectivity index (χ4v) is 2.59.